The molecule has 0 unspecified atom stereocenters. The zero-order valence-electron chi connectivity index (χ0n) is 15.3. The van der Waals surface area contributed by atoms with Crippen LogP contribution in [0.3, 0.4) is 0 Å². The molecule has 1 amide bonds. The molecule has 3 aromatic carbocycles. The lowest BCUT2D eigenvalue weighted by Gasteiger charge is -2.13. The largest absolute Gasteiger partial charge is 0.458 e. The molecule has 0 saturated carbocycles. The summed E-state index contributed by atoms with van der Waals surface area (Å²) in [6.07, 6.45) is 1.37. The number of carbonyl (C=O) groups excluding carboxylic acids is 2. The summed E-state index contributed by atoms with van der Waals surface area (Å²) in [5.74, 6) is -0.926. The third kappa shape index (κ3) is 4.61. The van der Waals surface area contributed by atoms with Crippen molar-refractivity contribution in [2.45, 2.75) is 20.0 Å². The van der Waals surface area contributed by atoms with Gasteiger partial charge in [-0.15, -0.1) is 0 Å². The number of fused-ring (bicyclic) bond motifs is 1. The lowest BCUT2D eigenvalue weighted by Crippen LogP contribution is -2.29. The van der Waals surface area contributed by atoms with E-state index in [2.05, 4.69) is 5.32 Å². The minimum absolute atomic E-state index is 0.105. The van der Waals surface area contributed by atoms with Crippen molar-refractivity contribution in [1.29, 1.82) is 0 Å². The van der Waals surface area contributed by atoms with Crippen LogP contribution in [0.25, 0.3) is 16.8 Å². The highest BCUT2D eigenvalue weighted by molar-refractivity contribution is 6.04. The average molecular weight is 359 g/mol. The zero-order chi connectivity index (χ0) is 19.2. The smallest absolute Gasteiger partial charge is 0.355 e. The Hall–Kier alpha value is -3.40. The fourth-order valence-electron chi connectivity index (χ4n) is 2.74. The number of rotatable bonds is 5. The minimum Gasteiger partial charge on any atom is -0.458 e. The van der Waals surface area contributed by atoms with Gasteiger partial charge in [0.2, 0.25) is 0 Å². The quantitative estimate of drug-likeness (QED) is 0.537. The van der Waals surface area contributed by atoms with Crippen molar-refractivity contribution in [1.82, 2.24) is 5.32 Å². The van der Waals surface area contributed by atoms with Gasteiger partial charge in [-0.3, -0.25) is 4.79 Å². The summed E-state index contributed by atoms with van der Waals surface area (Å²) in [7, 11) is 0. The molecule has 1 N–H and O–H groups in total. The molecule has 0 saturated heterocycles. The lowest BCUT2D eigenvalue weighted by atomic mass is 10.0. The first-order chi connectivity index (χ1) is 13.0. The Kier molecular flexibility index (Phi) is 5.67. The first-order valence-electron chi connectivity index (χ1n) is 8.81. The van der Waals surface area contributed by atoms with Gasteiger partial charge in [-0.05, 0) is 48.4 Å². The van der Waals surface area contributed by atoms with Crippen LogP contribution in [0, 0.1) is 0 Å². The first-order valence-corrected chi connectivity index (χ1v) is 8.81. The van der Waals surface area contributed by atoms with Crippen LogP contribution < -0.4 is 5.32 Å². The summed E-state index contributed by atoms with van der Waals surface area (Å²) in [5, 5.41) is 4.74. The molecule has 0 atom stereocenters. The lowest BCUT2D eigenvalue weighted by molar-refractivity contribution is -0.142. The summed E-state index contributed by atoms with van der Waals surface area (Å²) >= 11 is 0. The number of hydrogen-bond acceptors (Lipinski definition) is 3. The van der Waals surface area contributed by atoms with Crippen molar-refractivity contribution >= 4 is 28.7 Å². The number of carbonyl (C=O) groups is 2. The first kappa shape index (κ1) is 18.4. The third-order valence-corrected chi connectivity index (χ3v) is 3.97. The van der Waals surface area contributed by atoms with E-state index in [-0.39, 0.29) is 17.7 Å². The van der Waals surface area contributed by atoms with Gasteiger partial charge in [-0.25, -0.2) is 4.79 Å². The van der Waals surface area contributed by atoms with Crippen molar-refractivity contribution < 1.29 is 14.3 Å². The number of amides is 1. The molecular weight excluding hydrogens is 338 g/mol. The maximum Gasteiger partial charge on any atom is 0.355 e. The van der Waals surface area contributed by atoms with Gasteiger partial charge in [0.1, 0.15) is 5.70 Å². The molecule has 4 heteroatoms. The molecule has 136 valence electrons. The SMILES string of the molecule is CC(C)OC(=O)/C(=C/c1cccc2ccccc12)NC(=O)c1ccccc1. The van der Waals surface area contributed by atoms with Gasteiger partial charge < -0.3 is 10.1 Å². The Bertz CT molecular complexity index is 985. The van der Waals surface area contributed by atoms with Crippen molar-refractivity contribution in [3.05, 3.63) is 89.6 Å². The fourth-order valence-corrected chi connectivity index (χ4v) is 2.74. The standard InChI is InChI=1S/C23H21NO3/c1-16(2)27-23(26)21(24-22(25)18-10-4-3-5-11-18)15-19-13-8-12-17-9-6-7-14-20(17)19/h3-16H,1-2H3,(H,24,25)/b21-15-. The van der Waals surface area contributed by atoms with E-state index >= 15 is 0 Å². The predicted molar refractivity (Wildman–Crippen MR) is 107 cm³/mol. The van der Waals surface area contributed by atoms with Gasteiger partial charge in [0.15, 0.2) is 0 Å². The Morgan fingerprint density at radius 1 is 0.889 bits per heavy atom. The van der Waals surface area contributed by atoms with E-state index in [0.717, 1.165) is 16.3 Å². The second kappa shape index (κ2) is 8.32. The molecule has 0 radical (unpaired) electrons. The summed E-state index contributed by atoms with van der Waals surface area (Å²) in [6, 6.07) is 22.5. The highest BCUT2D eigenvalue weighted by Crippen LogP contribution is 2.21. The molecule has 0 spiro atoms. The van der Waals surface area contributed by atoms with Gasteiger partial charge >= 0.3 is 5.97 Å². The summed E-state index contributed by atoms with van der Waals surface area (Å²) in [6.45, 7) is 3.54. The maximum atomic E-state index is 12.6. The Morgan fingerprint density at radius 3 is 2.30 bits per heavy atom. The molecule has 0 fully saturated rings. The summed E-state index contributed by atoms with van der Waals surface area (Å²) < 4.78 is 5.31. The molecule has 0 aromatic heterocycles. The normalized spacial score (nSPS) is 11.4. The monoisotopic (exact) mass is 359 g/mol. The third-order valence-electron chi connectivity index (χ3n) is 3.97. The van der Waals surface area contributed by atoms with Crippen LogP contribution in [0.2, 0.25) is 0 Å². The molecule has 0 bridgehead atoms. The Balaban J connectivity index is 1.99. The zero-order valence-corrected chi connectivity index (χ0v) is 15.3. The Morgan fingerprint density at radius 2 is 1.56 bits per heavy atom. The van der Waals surface area contributed by atoms with Gasteiger partial charge in [-0.2, -0.15) is 0 Å². The van der Waals surface area contributed by atoms with Crippen LogP contribution in [-0.2, 0) is 9.53 Å². The maximum absolute atomic E-state index is 12.6. The van der Waals surface area contributed by atoms with E-state index in [9.17, 15) is 9.59 Å². The predicted octanol–water partition coefficient (Wildman–Crippen LogP) is 4.56. The van der Waals surface area contributed by atoms with Crippen LogP contribution in [0.15, 0.2) is 78.5 Å². The average Bonchev–Trinajstić information content (AvgIpc) is 2.67. The van der Waals surface area contributed by atoms with Crippen LogP contribution in [-0.4, -0.2) is 18.0 Å². The molecule has 0 heterocycles. The molecule has 0 aliphatic heterocycles. The van der Waals surface area contributed by atoms with Gasteiger partial charge in [0.05, 0.1) is 6.10 Å². The summed E-state index contributed by atoms with van der Waals surface area (Å²) in [4.78, 5) is 25.1. The fraction of sp³-hybridized carbons (Fsp3) is 0.130. The van der Waals surface area contributed by atoms with Crippen molar-refractivity contribution in [2.24, 2.45) is 0 Å². The number of nitrogens with one attached hydrogen (secondary N) is 1. The molecule has 4 nitrogen and oxygen atoms in total. The topological polar surface area (TPSA) is 55.4 Å². The molecule has 0 aliphatic rings. The van der Waals surface area contributed by atoms with E-state index in [4.69, 9.17) is 4.74 Å². The van der Waals surface area contributed by atoms with Crippen LogP contribution in [0.4, 0.5) is 0 Å². The van der Waals surface area contributed by atoms with Gasteiger partial charge in [-0.1, -0.05) is 60.7 Å². The number of esters is 1. The van der Waals surface area contributed by atoms with Crippen LogP contribution in [0.1, 0.15) is 29.8 Å². The highest BCUT2D eigenvalue weighted by Gasteiger charge is 2.17. The molecule has 0 aliphatic carbocycles. The number of ether oxygens (including phenoxy) is 1. The van der Waals surface area contributed by atoms with E-state index in [1.165, 1.54) is 0 Å². The number of hydrogen-bond donors (Lipinski definition) is 1. The van der Waals surface area contributed by atoms with Crippen molar-refractivity contribution in [3.8, 4) is 0 Å². The summed E-state index contributed by atoms with van der Waals surface area (Å²) in [5.41, 5.74) is 1.41. The van der Waals surface area contributed by atoms with Gasteiger partial charge in [0.25, 0.3) is 5.91 Å². The van der Waals surface area contributed by atoms with Crippen molar-refractivity contribution in [2.75, 3.05) is 0 Å². The van der Waals surface area contributed by atoms with E-state index in [1.54, 1.807) is 44.2 Å². The van der Waals surface area contributed by atoms with Crippen molar-refractivity contribution in [3.63, 3.8) is 0 Å². The highest BCUT2D eigenvalue weighted by atomic mass is 16.5. The van der Waals surface area contributed by atoms with E-state index < -0.39 is 5.97 Å². The molecule has 3 rings (SSSR count). The van der Waals surface area contributed by atoms with Crippen LogP contribution >= 0.6 is 0 Å². The van der Waals surface area contributed by atoms with E-state index in [0.29, 0.717) is 5.56 Å². The van der Waals surface area contributed by atoms with Crippen LogP contribution in [0.5, 0.6) is 0 Å². The van der Waals surface area contributed by atoms with Gasteiger partial charge in [0, 0.05) is 5.56 Å². The number of benzene rings is 3. The minimum atomic E-state index is -0.567. The second-order valence-corrected chi connectivity index (χ2v) is 6.40. The molecule has 27 heavy (non-hydrogen) atoms. The Labute approximate surface area is 158 Å². The van der Waals surface area contributed by atoms with E-state index in [1.807, 2.05) is 48.5 Å². The second-order valence-electron chi connectivity index (χ2n) is 6.40. The molecule has 3 aromatic rings. The molecular formula is C23H21NO3.